The van der Waals surface area contributed by atoms with Crippen LogP contribution in [0.1, 0.15) is 13.3 Å². The zero-order chi connectivity index (χ0) is 9.19. The van der Waals surface area contributed by atoms with Crippen molar-refractivity contribution in [2.45, 2.75) is 13.3 Å². The monoisotopic (exact) mass is 190 g/mol. The van der Waals surface area contributed by atoms with Crippen molar-refractivity contribution in [3.63, 3.8) is 0 Å². The molecule has 0 aromatic carbocycles. The first-order valence-electron chi connectivity index (χ1n) is 4.08. The smallest absolute Gasteiger partial charge is 0.153 e. The van der Waals surface area contributed by atoms with Gasteiger partial charge < -0.3 is 4.90 Å². The lowest BCUT2D eigenvalue weighted by Crippen LogP contribution is -2.43. The van der Waals surface area contributed by atoms with Gasteiger partial charge in [-0.1, -0.05) is 6.92 Å². The average Bonchev–Trinajstić information content (AvgIpc) is 2.03. The standard InChI is InChI=1S/C7H14N2O2S/c1-2-7(8)9-3-5-12(10,11)6-4-9/h8H,2-6H2,1H3. The molecule has 0 spiro atoms. The average molecular weight is 190 g/mol. The second-order valence-corrected chi connectivity index (χ2v) is 5.24. The van der Waals surface area contributed by atoms with Crippen LogP contribution in [0.4, 0.5) is 0 Å². The summed E-state index contributed by atoms with van der Waals surface area (Å²) in [4.78, 5) is 1.83. The summed E-state index contributed by atoms with van der Waals surface area (Å²) in [5.41, 5.74) is 0. The molecule has 4 nitrogen and oxygen atoms in total. The maximum absolute atomic E-state index is 11.0. The highest BCUT2D eigenvalue weighted by Gasteiger charge is 2.22. The van der Waals surface area contributed by atoms with E-state index in [-0.39, 0.29) is 11.5 Å². The molecule has 0 atom stereocenters. The van der Waals surface area contributed by atoms with Gasteiger partial charge in [-0.2, -0.15) is 0 Å². The van der Waals surface area contributed by atoms with E-state index in [9.17, 15) is 8.42 Å². The molecule has 0 aromatic heterocycles. The lowest BCUT2D eigenvalue weighted by Gasteiger charge is -2.28. The van der Waals surface area contributed by atoms with Gasteiger partial charge in [0.2, 0.25) is 0 Å². The van der Waals surface area contributed by atoms with Crippen molar-refractivity contribution in [1.82, 2.24) is 4.90 Å². The summed E-state index contributed by atoms with van der Waals surface area (Å²) < 4.78 is 22.0. The first kappa shape index (κ1) is 9.51. The molecule has 1 aliphatic heterocycles. The summed E-state index contributed by atoms with van der Waals surface area (Å²) in [5, 5.41) is 7.49. The van der Waals surface area contributed by atoms with Crippen LogP contribution in [0.2, 0.25) is 0 Å². The second-order valence-electron chi connectivity index (χ2n) is 2.94. The Bertz CT molecular complexity index is 257. The quantitative estimate of drug-likeness (QED) is 0.471. The van der Waals surface area contributed by atoms with Crippen molar-refractivity contribution >= 4 is 15.7 Å². The fourth-order valence-corrected chi connectivity index (χ4v) is 2.41. The number of hydrogen-bond donors (Lipinski definition) is 1. The Morgan fingerprint density at radius 3 is 2.33 bits per heavy atom. The molecule has 0 aliphatic carbocycles. The second kappa shape index (κ2) is 3.43. The minimum atomic E-state index is -2.80. The van der Waals surface area contributed by atoms with E-state index < -0.39 is 9.84 Å². The summed E-state index contributed by atoms with van der Waals surface area (Å²) in [6, 6.07) is 0. The Labute approximate surface area is 73.0 Å². The Morgan fingerprint density at radius 2 is 1.92 bits per heavy atom. The van der Waals surface area contributed by atoms with E-state index in [2.05, 4.69) is 0 Å². The van der Waals surface area contributed by atoms with Gasteiger partial charge in [-0.3, -0.25) is 5.41 Å². The molecular weight excluding hydrogens is 176 g/mol. The molecule has 0 aromatic rings. The Balaban J connectivity index is 2.52. The Morgan fingerprint density at radius 1 is 1.42 bits per heavy atom. The van der Waals surface area contributed by atoms with Crippen LogP contribution < -0.4 is 0 Å². The maximum atomic E-state index is 11.0. The maximum Gasteiger partial charge on any atom is 0.153 e. The van der Waals surface area contributed by atoms with Crippen molar-refractivity contribution in [2.24, 2.45) is 0 Å². The van der Waals surface area contributed by atoms with Crippen LogP contribution in [-0.2, 0) is 9.84 Å². The van der Waals surface area contributed by atoms with Gasteiger partial charge in [0, 0.05) is 19.5 Å². The molecule has 0 unspecified atom stereocenters. The number of nitrogens with zero attached hydrogens (tertiary/aromatic N) is 1. The van der Waals surface area contributed by atoms with Gasteiger partial charge >= 0.3 is 0 Å². The fourth-order valence-electron chi connectivity index (χ4n) is 1.21. The minimum Gasteiger partial charge on any atom is -0.359 e. The van der Waals surface area contributed by atoms with Crippen molar-refractivity contribution in [1.29, 1.82) is 5.41 Å². The predicted octanol–water partition coefficient (Wildman–Crippen LogP) is 0.104. The van der Waals surface area contributed by atoms with E-state index in [0.29, 0.717) is 25.3 Å². The highest BCUT2D eigenvalue weighted by Crippen LogP contribution is 2.04. The first-order valence-corrected chi connectivity index (χ1v) is 5.90. The molecule has 0 radical (unpaired) electrons. The molecule has 12 heavy (non-hydrogen) atoms. The van der Waals surface area contributed by atoms with Crippen LogP contribution in [0.25, 0.3) is 0 Å². The zero-order valence-electron chi connectivity index (χ0n) is 7.21. The molecule has 0 saturated carbocycles. The summed E-state index contributed by atoms with van der Waals surface area (Å²) >= 11 is 0. The molecule has 1 fully saturated rings. The first-order chi connectivity index (χ1) is 5.55. The van der Waals surface area contributed by atoms with Crippen LogP contribution >= 0.6 is 0 Å². The number of sulfone groups is 1. The van der Waals surface area contributed by atoms with E-state index in [1.165, 1.54) is 0 Å². The molecule has 70 valence electrons. The largest absolute Gasteiger partial charge is 0.359 e. The topological polar surface area (TPSA) is 61.2 Å². The van der Waals surface area contributed by atoms with Gasteiger partial charge in [-0.05, 0) is 0 Å². The van der Waals surface area contributed by atoms with E-state index in [1.54, 1.807) is 0 Å². The zero-order valence-corrected chi connectivity index (χ0v) is 8.02. The summed E-state index contributed by atoms with van der Waals surface area (Å²) in [6.45, 7) is 2.90. The van der Waals surface area contributed by atoms with Crippen molar-refractivity contribution < 1.29 is 8.42 Å². The molecule has 0 bridgehead atoms. The molecule has 1 aliphatic rings. The molecule has 1 saturated heterocycles. The summed E-state index contributed by atoms with van der Waals surface area (Å²) in [6.07, 6.45) is 0.681. The molecular formula is C7H14N2O2S. The molecule has 1 rings (SSSR count). The number of hydrogen-bond acceptors (Lipinski definition) is 3. The van der Waals surface area contributed by atoms with Gasteiger partial charge in [-0.15, -0.1) is 0 Å². The molecule has 0 amide bonds. The lowest BCUT2D eigenvalue weighted by molar-refractivity contribution is 0.433. The molecule has 1 N–H and O–H groups in total. The minimum absolute atomic E-state index is 0.204. The number of nitrogens with one attached hydrogen (secondary N) is 1. The number of rotatable bonds is 1. The van der Waals surface area contributed by atoms with E-state index in [4.69, 9.17) is 5.41 Å². The third-order valence-corrected chi connectivity index (χ3v) is 3.67. The summed E-state index contributed by atoms with van der Waals surface area (Å²) in [7, 11) is -2.80. The van der Waals surface area contributed by atoms with Gasteiger partial charge in [0.15, 0.2) is 9.84 Å². The van der Waals surface area contributed by atoms with Gasteiger partial charge in [0.25, 0.3) is 0 Å². The van der Waals surface area contributed by atoms with E-state index in [0.717, 1.165) is 0 Å². The van der Waals surface area contributed by atoms with Crippen LogP contribution in [0.5, 0.6) is 0 Å². The van der Waals surface area contributed by atoms with Gasteiger partial charge in [-0.25, -0.2) is 8.42 Å². The van der Waals surface area contributed by atoms with Crippen LogP contribution in [0.3, 0.4) is 0 Å². The lowest BCUT2D eigenvalue weighted by atomic mass is 10.3. The van der Waals surface area contributed by atoms with Crippen molar-refractivity contribution in [3.05, 3.63) is 0 Å². The van der Waals surface area contributed by atoms with Crippen LogP contribution in [-0.4, -0.2) is 43.7 Å². The Hall–Kier alpha value is -0.580. The Kier molecular flexibility index (Phi) is 2.72. The van der Waals surface area contributed by atoms with Gasteiger partial charge in [0.05, 0.1) is 17.3 Å². The van der Waals surface area contributed by atoms with E-state index in [1.807, 2.05) is 11.8 Å². The SMILES string of the molecule is CCC(=N)N1CCS(=O)(=O)CC1. The van der Waals surface area contributed by atoms with Gasteiger partial charge in [0.1, 0.15) is 0 Å². The molecule has 1 heterocycles. The highest BCUT2D eigenvalue weighted by molar-refractivity contribution is 7.91. The predicted molar refractivity (Wildman–Crippen MR) is 48.2 cm³/mol. The highest BCUT2D eigenvalue weighted by atomic mass is 32.2. The van der Waals surface area contributed by atoms with Crippen LogP contribution in [0.15, 0.2) is 0 Å². The fraction of sp³-hybridized carbons (Fsp3) is 0.857. The van der Waals surface area contributed by atoms with Crippen LogP contribution in [0, 0.1) is 5.41 Å². The summed E-state index contributed by atoms with van der Waals surface area (Å²) in [5.74, 6) is 0.954. The van der Waals surface area contributed by atoms with Crippen molar-refractivity contribution in [2.75, 3.05) is 24.6 Å². The van der Waals surface area contributed by atoms with E-state index >= 15 is 0 Å². The normalized spacial score (nSPS) is 22.2. The third kappa shape index (κ3) is 2.20. The van der Waals surface area contributed by atoms with Crippen molar-refractivity contribution in [3.8, 4) is 0 Å². The number of amidine groups is 1. The third-order valence-electron chi connectivity index (χ3n) is 2.06. The molecule has 5 heteroatoms.